The van der Waals surface area contributed by atoms with E-state index in [0.29, 0.717) is 11.1 Å². The molecule has 2 aromatic rings. The lowest BCUT2D eigenvalue weighted by atomic mass is 10.1. The Morgan fingerprint density at radius 2 is 1.64 bits per heavy atom. The van der Waals surface area contributed by atoms with Gasteiger partial charge in [0.25, 0.3) is 5.69 Å². The molecule has 0 aliphatic carbocycles. The maximum Gasteiger partial charge on any atom is 0.337 e. The molecule has 2 aromatic carbocycles. The third-order valence-electron chi connectivity index (χ3n) is 3.93. The fourth-order valence-corrected chi connectivity index (χ4v) is 3.46. The van der Waals surface area contributed by atoms with Crippen molar-refractivity contribution in [3.8, 4) is 0 Å². The summed E-state index contributed by atoms with van der Waals surface area (Å²) in [5, 5.41) is 9.16. The Morgan fingerprint density at radius 3 is 2.14 bits per heavy atom. The maximum atomic E-state index is 12.5. The second-order valence-electron chi connectivity index (χ2n) is 5.73. The molecule has 0 aliphatic heterocycles. The minimum atomic E-state index is -4.06. The van der Waals surface area contributed by atoms with Crippen LogP contribution in [0.2, 0.25) is 0 Å². The topological polar surface area (TPSA) is 130 Å². The summed E-state index contributed by atoms with van der Waals surface area (Å²) in [4.78, 5) is 33.3. The Bertz CT molecular complexity index is 981. The zero-order valence-electron chi connectivity index (χ0n) is 15.0. The van der Waals surface area contributed by atoms with E-state index in [4.69, 9.17) is 4.74 Å². The highest BCUT2D eigenvalue weighted by Gasteiger charge is 2.31. The second-order valence-corrected chi connectivity index (χ2v) is 8.00. The molecule has 28 heavy (non-hydrogen) atoms. The molecular weight excluding hydrogens is 390 g/mol. The van der Waals surface area contributed by atoms with Crippen LogP contribution in [0, 0.1) is 10.1 Å². The summed E-state index contributed by atoms with van der Waals surface area (Å²) in [7, 11) is -2.81. The summed E-state index contributed by atoms with van der Waals surface area (Å²) >= 11 is 0. The van der Waals surface area contributed by atoms with Gasteiger partial charge in [0.2, 0.25) is 0 Å². The van der Waals surface area contributed by atoms with E-state index in [0.717, 1.165) is 24.3 Å². The minimum absolute atomic E-state index is 0.180. The van der Waals surface area contributed by atoms with Crippen LogP contribution in [0.3, 0.4) is 0 Å². The normalized spacial score (nSPS) is 12.1. The van der Waals surface area contributed by atoms with Crippen molar-refractivity contribution in [2.45, 2.75) is 23.7 Å². The molecule has 0 N–H and O–H groups in total. The SMILES string of the molecule is COC(=O)c1ccc(COC(=O)[C@@H](C)S(=O)(=O)c2ccc([N+](=O)[O-])cc2)cc1. The predicted molar refractivity (Wildman–Crippen MR) is 97.3 cm³/mol. The number of carbonyl (C=O) groups excluding carboxylic acids is 2. The van der Waals surface area contributed by atoms with Crippen molar-refractivity contribution >= 4 is 27.5 Å². The Labute approximate surface area is 161 Å². The van der Waals surface area contributed by atoms with Gasteiger partial charge in [0.15, 0.2) is 15.1 Å². The highest BCUT2D eigenvalue weighted by atomic mass is 32.2. The summed E-state index contributed by atoms with van der Waals surface area (Å²) in [5.74, 6) is -1.47. The number of esters is 2. The van der Waals surface area contributed by atoms with Crippen LogP contribution in [0.15, 0.2) is 53.4 Å². The van der Waals surface area contributed by atoms with Gasteiger partial charge in [-0.15, -0.1) is 0 Å². The van der Waals surface area contributed by atoms with E-state index in [-0.39, 0.29) is 17.2 Å². The van der Waals surface area contributed by atoms with Gasteiger partial charge in [-0.1, -0.05) is 12.1 Å². The molecule has 0 heterocycles. The number of hydrogen-bond acceptors (Lipinski definition) is 8. The van der Waals surface area contributed by atoms with Gasteiger partial charge >= 0.3 is 11.9 Å². The van der Waals surface area contributed by atoms with Crippen molar-refractivity contribution in [2.75, 3.05) is 7.11 Å². The average Bonchev–Trinajstić information content (AvgIpc) is 2.71. The first kappa shape index (κ1) is 21.0. The number of carbonyl (C=O) groups is 2. The van der Waals surface area contributed by atoms with E-state index in [1.54, 1.807) is 12.1 Å². The molecule has 0 aliphatic rings. The van der Waals surface area contributed by atoms with E-state index in [1.807, 2.05) is 0 Å². The van der Waals surface area contributed by atoms with E-state index in [2.05, 4.69) is 4.74 Å². The van der Waals surface area contributed by atoms with Crippen molar-refractivity contribution < 1.29 is 32.4 Å². The molecule has 0 radical (unpaired) electrons. The Morgan fingerprint density at radius 1 is 1.07 bits per heavy atom. The van der Waals surface area contributed by atoms with Crippen molar-refractivity contribution in [3.05, 3.63) is 69.8 Å². The van der Waals surface area contributed by atoms with Crippen molar-refractivity contribution in [1.29, 1.82) is 0 Å². The number of hydrogen-bond donors (Lipinski definition) is 0. The van der Waals surface area contributed by atoms with Gasteiger partial charge in [-0.2, -0.15) is 0 Å². The molecule has 0 saturated carbocycles. The number of non-ortho nitro benzene ring substituents is 1. The molecular formula is C18H17NO8S. The number of nitrogens with zero attached hydrogens (tertiary/aromatic N) is 1. The monoisotopic (exact) mass is 407 g/mol. The Kier molecular flexibility index (Phi) is 6.47. The smallest absolute Gasteiger partial charge is 0.337 e. The van der Waals surface area contributed by atoms with Crippen LogP contribution in [-0.4, -0.2) is 37.6 Å². The van der Waals surface area contributed by atoms with Gasteiger partial charge in [0.05, 0.1) is 22.5 Å². The number of nitro groups is 1. The van der Waals surface area contributed by atoms with Gasteiger partial charge in [0.1, 0.15) is 6.61 Å². The Balaban J connectivity index is 2.04. The number of sulfone groups is 1. The van der Waals surface area contributed by atoms with Crippen LogP contribution in [0.25, 0.3) is 0 Å². The highest BCUT2D eigenvalue weighted by molar-refractivity contribution is 7.92. The van der Waals surface area contributed by atoms with Crippen LogP contribution in [-0.2, 0) is 30.7 Å². The van der Waals surface area contributed by atoms with Gasteiger partial charge in [-0.05, 0) is 36.8 Å². The number of benzene rings is 2. The van der Waals surface area contributed by atoms with Gasteiger partial charge in [-0.25, -0.2) is 13.2 Å². The van der Waals surface area contributed by atoms with Crippen LogP contribution >= 0.6 is 0 Å². The summed E-state index contributed by atoms with van der Waals surface area (Å²) < 4.78 is 34.6. The predicted octanol–water partition coefficient (Wildman–Crippen LogP) is 2.29. The van der Waals surface area contributed by atoms with Crippen LogP contribution in [0.4, 0.5) is 5.69 Å². The third-order valence-corrected chi connectivity index (χ3v) is 5.98. The van der Waals surface area contributed by atoms with Crippen molar-refractivity contribution in [3.63, 3.8) is 0 Å². The van der Waals surface area contributed by atoms with Crippen LogP contribution < -0.4 is 0 Å². The number of rotatable bonds is 7. The summed E-state index contributed by atoms with van der Waals surface area (Å²) in [5.41, 5.74) is 0.622. The maximum absolute atomic E-state index is 12.5. The molecule has 0 bridgehead atoms. The zero-order valence-corrected chi connectivity index (χ0v) is 15.8. The standard InChI is InChI=1S/C18H17NO8S/c1-12(28(24,25)16-9-7-15(8-10-16)19(22)23)17(20)27-11-13-3-5-14(6-4-13)18(21)26-2/h3-10,12H,11H2,1-2H3/t12-/m1/s1. The molecule has 9 nitrogen and oxygen atoms in total. The average molecular weight is 407 g/mol. The van der Waals surface area contributed by atoms with Gasteiger partial charge in [-0.3, -0.25) is 14.9 Å². The minimum Gasteiger partial charge on any atom is -0.465 e. The number of methoxy groups -OCH3 is 1. The van der Waals surface area contributed by atoms with Gasteiger partial charge < -0.3 is 9.47 Å². The summed E-state index contributed by atoms with van der Waals surface area (Å²) in [6, 6.07) is 10.3. The summed E-state index contributed by atoms with van der Waals surface area (Å²) in [6.45, 7) is 1.000. The number of ether oxygens (including phenoxy) is 2. The lowest BCUT2D eigenvalue weighted by molar-refractivity contribution is -0.384. The van der Waals surface area contributed by atoms with E-state index in [1.165, 1.54) is 26.2 Å². The van der Waals surface area contributed by atoms with Crippen molar-refractivity contribution in [2.24, 2.45) is 0 Å². The first-order chi connectivity index (χ1) is 13.2. The van der Waals surface area contributed by atoms with E-state index >= 15 is 0 Å². The second kappa shape index (κ2) is 8.61. The van der Waals surface area contributed by atoms with Crippen LogP contribution in [0.1, 0.15) is 22.8 Å². The lowest BCUT2D eigenvalue weighted by Gasteiger charge is -2.13. The Hall–Kier alpha value is -3.27. The van der Waals surface area contributed by atoms with Gasteiger partial charge in [0, 0.05) is 12.1 Å². The molecule has 0 unspecified atom stereocenters. The molecule has 1 atom stereocenters. The fraction of sp³-hybridized carbons (Fsp3) is 0.222. The zero-order chi connectivity index (χ0) is 20.9. The van der Waals surface area contributed by atoms with E-state index < -0.39 is 31.9 Å². The van der Waals surface area contributed by atoms with Crippen LogP contribution in [0.5, 0.6) is 0 Å². The summed E-state index contributed by atoms with van der Waals surface area (Å²) in [6.07, 6.45) is 0. The first-order valence-electron chi connectivity index (χ1n) is 7.99. The molecule has 148 valence electrons. The first-order valence-corrected chi connectivity index (χ1v) is 9.53. The lowest BCUT2D eigenvalue weighted by Crippen LogP contribution is -2.29. The van der Waals surface area contributed by atoms with Crippen molar-refractivity contribution in [1.82, 2.24) is 0 Å². The molecule has 0 aromatic heterocycles. The van der Waals surface area contributed by atoms with E-state index in [9.17, 15) is 28.1 Å². The molecule has 0 fully saturated rings. The molecule has 10 heteroatoms. The quantitative estimate of drug-likeness (QED) is 0.388. The molecule has 0 amide bonds. The molecule has 0 spiro atoms. The molecule has 2 rings (SSSR count). The highest BCUT2D eigenvalue weighted by Crippen LogP contribution is 2.21. The largest absolute Gasteiger partial charge is 0.465 e. The fourth-order valence-electron chi connectivity index (χ4n) is 2.22. The number of nitro benzene ring substituents is 1. The molecule has 0 saturated heterocycles. The third kappa shape index (κ3) is 4.71.